The molecule has 0 spiro atoms. The van der Waals surface area contributed by atoms with Crippen molar-refractivity contribution in [3.63, 3.8) is 0 Å². The molecule has 1 aromatic carbocycles. The highest BCUT2D eigenvalue weighted by molar-refractivity contribution is 5.79. The number of furan rings is 1. The zero-order valence-electron chi connectivity index (χ0n) is 12.3. The van der Waals surface area contributed by atoms with E-state index in [2.05, 4.69) is 4.98 Å². The van der Waals surface area contributed by atoms with Gasteiger partial charge in [-0.05, 0) is 43.2 Å². The second-order valence-corrected chi connectivity index (χ2v) is 5.50. The Kier molecular flexibility index (Phi) is 2.99. The van der Waals surface area contributed by atoms with Crippen molar-refractivity contribution in [2.75, 3.05) is 7.11 Å². The number of methoxy groups -OCH3 is 1. The molecule has 2 aromatic heterocycles. The van der Waals surface area contributed by atoms with Crippen molar-refractivity contribution in [2.45, 2.75) is 25.8 Å². The molecule has 0 N–H and O–H groups in total. The molecule has 3 aromatic rings. The molecule has 1 aliphatic heterocycles. The average Bonchev–Trinajstić information content (AvgIpc) is 2.99. The lowest BCUT2D eigenvalue weighted by Gasteiger charge is -2.16. The second-order valence-electron chi connectivity index (χ2n) is 5.50. The van der Waals surface area contributed by atoms with E-state index in [0.29, 0.717) is 16.9 Å². The van der Waals surface area contributed by atoms with E-state index in [9.17, 15) is 4.79 Å². The molecule has 0 unspecified atom stereocenters. The fraction of sp³-hybridized carbons (Fsp3) is 0.294. The van der Waals surface area contributed by atoms with Crippen molar-refractivity contribution in [2.24, 2.45) is 0 Å². The average molecular weight is 296 g/mol. The Morgan fingerprint density at radius 2 is 2.05 bits per heavy atom. The Labute approximate surface area is 127 Å². The number of fused-ring (bicyclic) bond motifs is 2. The number of rotatable bonds is 2. The van der Waals surface area contributed by atoms with Gasteiger partial charge in [0.2, 0.25) is 5.71 Å². The zero-order valence-corrected chi connectivity index (χ0v) is 12.3. The molecule has 5 heteroatoms. The smallest absolute Gasteiger partial charge is 0.264 e. The van der Waals surface area contributed by atoms with E-state index in [-0.39, 0.29) is 5.56 Å². The van der Waals surface area contributed by atoms with Crippen LogP contribution in [-0.2, 0) is 13.0 Å². The van der Waals surface area contributed by atoms with Gasteiger partial charge in [0, 0.05) is 18.5 Å². The predicted octanol–water partition coefficient (Wildman–Crippen LogP) is 3.00. The fourth-order valence-electron chi connectivity index (χ4n) is 2.93. The maximum absolute atomic E-state index is 12.6. The maximum atomic E-state index is 12.6. The van der Waals surface area contributed by atoms with Gasteiger partial charge in [-0.2, -0.15) is 4.98 Å². The summed E-state index contributed by atoms with van der Waals surface area (Å²) in [6, 6.07) is 9.35. The van der Waals surface area contributed by atoms with Crippen LogP contribution in [0.5, 0.6) is 5.75 Å². The first-order chi connectivity index (χ1) is 10.8. The van der Waals surface area contributed by atoms with Gasteiger partial charge in [0.05, 0.1) is 7.11 Å². The Morgan fingerprint density at radius 3 is 2.82 bits per heavy atom. The van der Waals surface area contributed by atoms with Crippen LogP contribution in [0, 0.1) is 0 Å². The number of hydrogen-bond donors (Lipinski definition) is 0. The summed E-state index contributed by atoms with van der Waals surface area (Å²) in [6.07, 6.45) is 2.94. The van der Waals surface area contributed by atoms with E-state index in [1.807, 2.05) is 24.3 Å². The molecule has 3 heterocycles. The van der Waals surface area contributed by atoms with Crippen LogP contribution in [0.4, 0.5) is 0 Å². The van der Waals surface area contributed by atoms with Crippen LogP contribution >= 0.6 is 0 Å². The maximum Gasteiger partial charge on any atom is 0.264 e. The van der Waals surface area contributed by atoms with Crippen molar-refractivity contribution in [3.8, 4) is 17.1 Å². The third-order valence-corrected chi connectivity index (χ3v) is 4.14. The quantitative estimate of drug-likeness (QED) is 0.729. The molecule has 112 valence electrons. The monoisotopic (exact) mass is 296 g/mol. The van der Waals surface area contributed by atoms with Crippen molar-refractivity contribution in [3.05, 3.63) is 46.5 Å². The molecule has 4 rings (SSSR count). The number of benzene rings is 1. The summed E-state index contributed by atoms with van der Waals surface area (Å²) in [6.45, 7) is 0.750. The Bertz CT molecular complexity index is 891. The molecule has 0 saturated carbocycles. The van der Waals surface area contributed by atoms with E-state index in [0.717, 1.165) is 42.9 Å². The number of ether oxygens (including phenoxy) is 1. The van der Waals surface area contributed by atoms with E-state index < -0.39 is 0 Å². The second kappa shape index (κ2) is 5.02. The molecule has 5 nitrogen and oxygen atoms in total. The number of aryl methyl sites for hydroxylation is 1. The first-order valence-corrected chi connectivity index (χ1v) is 7.44. The molecule has 0 bridgehead atoms. The molecular formula is C17H16N2O3. The SMILES string of the molecule is COc1ccc(-c2cc3c(=O)n4c(nc3o2)CCCC4)cc1. The van der Waals surface area contributed by atoms with Gasteiger partial charge in [-0.1, -0.05) is 0 Å². The number of nitrogens with zero attached hydrogens (tertiary/aromatic N) is 2. The minimum atomic E-state index is 0.00297. The van der Waals surface area contributed by atoms with Gasteiger partial charge >= 0.3 is 0 Å². The summed E-state index contributed by atoms with van der Waals surface area (Å²) >= 11 is 0. The summed E-state index contributed by atoms with van der Waals surface area (Å²) < 4.78 is 12.7. The number of aromatic nitrogens is 2. The molecule has 0 saturated heterocycles. The molecule has 1 aliphatic rings. The highest BCUT2D eigenvalue weighted by Crippen LogP contribution is 2.27. The van der Waals surface area contributed by atoms with Crippen molar-refractivity contribution < 1.29 is 9.15 Å². The highest BCUT2D eigenvalue weighted by Gasteiger charge is 2.18. The molecule has 0 fully saturated rings. The van der Waals surface area contributed by atoms with Gasteiger partial charge in [-0.15, -0.1) is 0 Å². The largest absolute Gasteiger partial charge is 0.497 e. The van der Waals surface area contributed by atoms with Gasteiger partial charge in [0.15, 0.2) is 0 Å². The lowest BCUT2D eigenvalue weighted by Crippen LogP contribution is -2.27. The third-order valence-electron chi connectivity index (χ3n) is 4.14. The van der Waals surface area contributed by atoms with Gasteiger partial charge in [0.25, 0.3) is 5.56 Å². The van der Waals surface area contributed by atoms with E-state index in [1.165, 1.54) is 0 Å². The summed E-state index contributed by atoms with van der Waals surface area (Å²) in [5, 5.41) is 0.552. The van der Waals surface area contributed by atoms with Crippen LogP contribution in [0.1, 0.15) is 18.7 Å². The molecule has 0 atom stereocenters. The Hall–Kier alpha value is -2.56. The van der Waals surface area contributed by atoms with E-state index in [1.54, 1.807) is 17.7 Å². The van der Waals surface area contributed by atoms with E-state index in [4.69, 9.17) is 9.15 Å². The first-order valence-electron chi connectivity index (χ1n) is 7.44. The van der Waals surface area contributed by atoms with E-state index >= 15 is 0 Å². The molecule has 0 aliphatic carbocycles. The Balaban J connectivity index is 1.86. The highest BCUT2D eigenvalue weighted by atomic mass is 16.5. The summed E-state index contributed by atoms with van der Waals surface area (Å²) in [5.41, 5.74) is 1.34. The van der Waals surface area contributed by atoms with Crippen LogP contribution < -0.4 is 10.3 Å². The van der Waals surface area contributed by atoms with Gasteiger partial charge in [-0.3, -0.25) is 9.36 Å². The first kappa shape index (κ1) is 13.1. The van der Waals surface area contributed by atoms with Crippen LogP contribution in [0.25, 0.3) is 22.4 Å². The third kappa shape index (κ3) is 2.01. The topological polar surface area (TPSA) is 57.3 Å². The minimum absolute atomic E-state index is 0.00297. The van der Waals surface area contributed by atoms with Crippen LogP contribution in [0.2, 0.25) is 0 Å². The molecule has 22 heavy (non-hydrogen) atoms. The molecular weight excluding hydrogens is 280 g/mol. The minimum Gasteiger partial charge on any atom is -0.497 e. The van der Waals surface area contributed by atoms with Crippen molar-refractivity contribution >= 4 is 11.1 Å². The lowest BCUT2D eigenvalue weighted by atomic mass is 10.1. The summed E-state index contributed by atoms with van der Waals surface area (Å²) in [4.78, 5) is 17.1. The van der Waals surface area contributed by atoms with Crippen molar-refractivity contribution in [1.82, 2.24) is 9.55 Å². The predicted molar refractivity (Wildman–Crippen MR) is 83.2 cm³/mol. The number of hydrogen-bond acceptors (Lipinski definition) is 4. The van der Waals surface area contributed by atoms with Crippen molar-refractivity contribution in [1.29, 1.82) is 0 Å². The fourth-order valence-corrected chi connectivity index (χ4v) is 2.93. The van der Waals surface area contributed by atoms with Crippen LogP contribution in [-0.4, -0.2) is 16.7 Å². The van der Waals surface area contributed by atoms with Gasteiger partial charge in [0.1, 0.15) is 22.7 Å². The lowest BCUT2D eigenvalue weighted by molar-refractivity contribution is 0.415. The van der Waals surface area contributed by atoms with Gasteiger partial charge in [-0.25, -0.2) is 0 Å². The summed E-state index contributed by atoms with van der Waals surface area (Å²) in [7, 11) is 1.63. The summed E-state index contributed by atoms with van der Waals surface area (Å²) in [5.74, 6) is 2.28. The Morgan fingerprint density at radius 1 is 1.23 bits per heavy atom. The molecule has 0 radical (unpaired) electrons. The standard InChI is InChI=1S/C17H16N2O3/c1-21-12-7-5-11(6-8-12)14-10-13-16(22-14)18-15-4-2-3-9-19(15)17(13)20/h5-8,10H,2-4,9H2,1H3. The van der Waals surface area contributed by atoms with Gasteiger partial charge < -0.3 is 9.15 Å². The zero-order chi connectivity index (χ0) is 15.1. The van der Waals surface area contributed by atoms with Crippen LogP contribution in [0.15, 0.2) is 39.5 Å². The molecule has 0 amide bonds. The van der Waals surface area contributed by atoms with Crippen LogP contribution in [0.3, 0.4) is 0 Å². The normalized spacial score (nSPS) is 14.0.